The van der Waals surface area contributed by atoms with Gasteiger partial charge >= 0.3 is 0 Å². The molecule has 5 nitrogen and oxygen atoms in total. The maximum Gasteiger partial charge on any atom is 0.254 e. The summed E-state index contributed by atoms with van der Waals surface area (Å²) in [4.78, 5) is 16.9. The molecular formula is C19H19ClN2O3. The number of piperazine rings is 1. The van der Waals surface area contributed by atoms with Crippen molar-refractivity contribution in [3.8, 4) is 11.5 Å². The van der Waals surface area contributed by atoms with Gasteiger partial charge in [0, 0.05) is 42.5 Å². The number of carbonyl (C=O) groups is 1. The molecule has 0 N–H and O–H groups in total. The number of carbonyl (C=O) groups excluding carboxylic acids is 1. The quantitative estimate of drug-likeness (QED) is 0.825. The highest BCUT2D eigenvalue weighted by molar-refractivity contribution is 6.30. The van der Waals surface area contributed by atoms with Crippen LogP contribution in [-0.4, -0.2) is 43.8 Å². The Balaban J connectivity index is 1.45. The zero-order valence-corrected chi connectivity index (χ0v) is 14.8. The molecule has 2 heterocycles. The number of nitrogens with zero attached hydrogens (tertiary/aromatic N) is 2. The second kappa shape index (κ2) is 6.48. The molecule has 2 aliphatic rings. The molecule has 6 heteroatoms. The molecule has 4 rings (SSSR count). The van der Waals surface area contributed by atoms with Crippen molar-refractivity contribution in [2.24, 2.45) is 0 Å². The minimum Gasteiger partial charge on any atom is -0.454 e. The van der Waals surface area contributed by atoms with Gasteiger partial charge in [0.15, 0.2) is 11.5 Å². The molecule has 2 aromatic carbocycles. The van der Waals surface area contributed by atoms with E-state index in [4.69, 9.17) is 21.1 Å². The third kappa shape index (κ3) is 3.12. The topological polar surface area (TPSA) is 42.0 Å². The fourth-order valence-corrected chi connectivity index (χ4v) is 3.45. The standard InChI is InChI=1S/C19H19ClN2O3/c1-13-2-4-15(20)11-16(13)21-6-8-22(9-7-21)19(23)14-3-5-17-18(10-14)25-12-24-17/h2-5,10-11H,6-9,12H2,1H3. The smallest absolute Gasteiger partial charge is 0.254 e. The van der Waals surface area contributed by atoms with Crippen LogP contribution in [0.5, 0.6) is 11.5 Å². The van der Waals surface area contributed by atoms with Crippen molar-refractivity contribution < 1.29 is 14.3 Å². The molecule has 0 bridgehead atoms. The van der Waals surface area contributed by atoms with Crippen molar-refractivity contribution in [2.45, 2.75) is 6.92 Å². The summed E-state index contributed by atoms with van der Waals surface area (Å²) in [5.74, 6) is 1.36. The molecule has 0 spiro atoms. The molecule has 1 amide bonds. The Bertz CT molecular complexity index is 816. The average molecular weight is 359 g/mol. The van der Waals surface area contributed by atoms with Crippen molar-refractivity contribution in [2.75, 3.05) is 37.9 Å². The number of halogens is 1. The fourth-order valence-electron chi connectivity index (χ4n) is 3.29. The largest absolute Gasteiger partial charge is 0.454 e. The van der Waals surface area contributed by atoms with Gasteiger partial charge in [-0.25, -0.2) is 0 Å². The van der Waals surface area contributed by atoms with Crippen LogP contribution in [0.25, 0.3) is 0 Å². The maximum absolute atomic E-state index is 12.8. The SMILES string of the molecule is Cc1ccc(Cl)cc1N1CCN(C(=O)c2ccc3c(c2)OCO3)CC1. The zero-order chi connectivity index (χ0) is 17.4. The molecule has 0 radical (unpaired) electrons. The molecule has 0 aromatic heterocycles. The van der Waals surface area contributed by atoms with E-state index in [-0.39, 0.29) is 12.7 Å². The van der Waals surface area contributed by atoms with Gasteiger partial charge in [0.05, 0.1) is 0 Å². The monoisotopic (exact) mass is 358 g/mol. The van der Waals surface area contributed by atoms with Crippen LogP contribution in [-0.2, 0) is 0 Å². The first-order valence-corrected chi connectivity index (χ1v) is 8.69. The lowest BCUT2D eigenvalue weighted by Gasteiger charge is -2.37. The maximum atomic E-state index is 12.8. The van der Waals surface area contributed by atoms with E-state index in [9.17, 15) is 4.79 Å². The number of aryl methyl sites for hydroxylation is 1. The normalized spacial score (nSPS) is 16.2. The van der Waals surface area contributed by atoms with Crippen molar-refractivity contribution in [1.82, 2.24) is 4.90 Å². The summed E-state index contributed by atoms with van der Waals surface area (Å²) in [5, 5.41) is 0.736. The summed E-state index contributed by atoms with van der Waals surface area (Å²) in [5.41, 5.74) is 2.97. The molecule has 1 saturated heterocycles. The second-order valence-corrected chi connectivity index (χ2v) is 6.71. The van der Waals surface area contributed by atoms with E-state index in [0.29, 0.717) is 30.2 Å². The minimum atomic E-state index is 0.0285. The van der Waals surface area contributed by atoms with E-state index in [2.05, 4.69) is 11.8 Å². The second-order valence-electron chi connectivity index (χ2n) is 6.28. The van der Waals surface area contributed by atoms with Crippen LogP contribution in [0.4, 0.5) is 5.69 Å². The van der Waals surface area contributed by atoms with Gasteiger partial charge in [0.1, 0.15) is 0 Å². The molecule has 2 aliphatic heterocycles. The zero-order valence-electron chi connectivity index (χ0n) is 14.0. The number of hydrogen-bond acceptors (Lipinski definition) is 4. The Morgan fingerprint density at radius 3 is 2.56 bits per heavy atom. The van der Waals surface area contributed by atoms with E-state index in [1.54, 1.807) is 18.2 Å². The van der Waals surface area contributed by atoms with Crippen molar-refractivity contribution >= 4 is 23.2 Å². The van der Waals surface area contributed by atoms with Crippen LogP contribution in [0.3, 0.4) is 0 Å². The highest BCUT2D eigenvalue weighted by Crippen LogP contribution is 2.33. The molecule has 0 unspecified atom stereocenters. The number of anilines is 1. The summed E-state index contributed by atoms with van der Waals surface area (Å²) >= 11 is 6.13. The minimum absolute atomic E-state index is 0.0285. The Kier molecular flexibility index (Phi) is 4.17. The molecule has 0 saturated carbocycles. The summed E-state index contributed by atoms with van der Waals surface area (Å²) in [6.45, 7) is 5.23. The number of rotatable bonds is 2. The summed E-state index contributed by atoms with van der Waals surface area (Å²) in [6, 6.07) is 11.3. The molecule has 2 aromatic rings. The van der Waals surface area contributed by atoms with E-state index < -0.39 is 0 Å². The third-order valence-corrected chi connectivity index (χ3v) is 4.93. The molecular weight excluding hydrogens is 340 g/mol. The highest BCUT2D eigenvalue weighted by atomic mass is 35.5. The first-order chi connectivity index (χ1) is 12.1. The van der Waals surface area contributed by atoms with E-state index in [0.717, 1.165) is 23.8 Å². The van der Waals surface area contributed by atoms with Gasteiger partial charge in [0.2, 0.25) is 6.79 Å². The van der Waals surface area contributed by atoms with Crippen molar-refractivity contribution in [3.05, 3.63) is 52.5 Å². The molecule has 0 atom stereocenters. The van der Waals surface area contributed by atoms with Crippen LogP contribution in [0.1, 0.15) is 15.9 Å². The van der Waals surface area contributed by atoms with E-state index >= 15 is 0 Å². The molecule has 1 fully saturated rings. The van der Waals surface area contributed by atoms with Gasteiger partial charge in [-0.3, -0.25) is 4.79 Å². The molecule has 130 valence electrons. The number of benzene rings is 2. The third-order valence-electron chi connectivity index (χ3n) is 4.70. The Hall–Kier alpha value is -2.40. The van der Waals surface area contributed by atoms with Crippen LogP contribution in [0, 0.1) is 6.92 Å². The fraction of sp³-hybridized carbons (Fsp3) is 0.316. The summed E-state index contributed by atoms with van der Waals surface area (Å²) in [6.07, 6.45) is 0. The van der Waals surface area contributed by atoms with E-state index in [1.165, 1.54) is 5.56 Å². The Morgan fingerprint density at radius 2 is 1.76 bits per heavy atom. The predicted octanol–water partition coefficient (Wildman–Crippen LogP) is 3.34. The number of ether oxygens (including phenoxy) is 2. The van der Waals surface area contributed by atoms with Gasteiger partial charge in [-0.2, -0.15) is 0 Å². The Labute approximate surface area is 151 Å². The van der Waals surface area contributed by atoms with Crippen LogP contribution >= 0.6 is 11.6 Å². The lowest BCUT2D eigenvalue weighted by atomic mass is 10.1. The van der Waals surface area contributed by atoms with Crippen molar-refractivity contribution in [1.29, 1.82) is 0 Å². The summed E-state index contributed by atoms with van der Waals surface area (Å²) < 4.78 is 10.7. The van der Waals surface area contributed by atoms with Gasteiger partial charge < -0.3 is 19.3 Å². The summed E-state index contributed by atoms with van der Waals surface area (Å²) in [7, 11) is 0. The lowest BCUT2D eigenvalue weighted by Crippen LogP contribution is -2.49. The van der Waals surface area contributed by atoms with Gasteiger partial charge in [-0.15, -0.1) is 0 Å². The first kappa shape index (κ1) is 16.1. The number of fused-ring (bicyclic) bond motifs is 1. The van der Waals surface area contributed by atoms with Gasteiger partial charge in [-0.1, -0.05) is 17.7 Å². The van der Waals surface area contributed by atoms with Crippen molar-refractivity contribution in [3.63, 3.8) is 0 Å². The predicted molar refractivity (Wildman–Crippen MR) is 96.9 cm³/mol. The lowest BCUT2D eigenvalue weighted by molar-refractivity contribution is 0.0746. The average Bonchev–Trinajstić information content (AvgIpc) is 3.11. The van der Waals surface area contributed by atoms with Crippen LogP contribution in [0.15, 0.2) is 36.4 Å². The number of amides is 1. The first-order valence-electron chi connectivity index (χ1n) is 8.32. The van der Waals surface area contributed by atoms with E-state index in [1.807, 2.05) is 23.1 Å². The van der Waals surface area contributed by atoms with Gasteiger partial charge in [-0.05, 0) is 42.8 Å². The molecule has 0 aliphatic carbocycles. The van der Waals surface area contributed by atoms with Gasteiger partial charge in [0.25, 0.3) is 5.91 Å². The van der Waals surface area contributed by atoms with Crippen LogP contribution < -0.4 is 14.4 Å². The van der Waals surface area contributed by atoms with Crippen LogP contribution in [0.2, 0.25) is 5.02 Å². The molecule has 25 heavy (non-hydrogen) atoms. The Morgan fingerprint density at radius 1 is 1.00 bits per heavy atom. The highest BCUT2D eigenvalue weighted by Gasteiger charge is 2.24. The number of hydrogen-bond donors (Lipinski definition) is 0.